The van der Waals surface area contributed by atoms with Crippen LogP contribution in [0.1, 0.15) is 0 Å². The molecule has 9 heteroatoms. The third-order valence-electron chi connectivity index (χ3n) is 19.1. The minimum absolute atomic E-state index is 0.235. The molecule has 2 bridgehead atoms. The van der Waals surface area contributed by atoms with Crippen LogP contribution in [-0.2, 0) is 0 Å². The van der Waals surface area contributed by atoms with Gasteiger partial charge in [-0.25, -0.2) is 0 Å². The van der Waals surface area contributed by atoms with E-state index >= 15 is 0 Å². The quantitative estimate of drug-likeness (QED) is 0.142. The molecule has 0 spiro atoms. The van der Waals surface area contributed by atoms with E-state index in [4.69, 9.17) is 4.74 Å². The predicted octanol–water partition coefficient (Wildman–Crippen LogP) is 16.2. The Hall–Kier alpha value is -11.4. The molecule has 0 N–H and O–H groups in total. The highest BCUT2D eigenvalue weighted by Gasteiger charge is 2.50. The van der Waals surface area contributed by atoms with Gasteiger partial charge in [-0.15, -0.1) is 0 Å². The van der Waals surface area contributed by atoms with Crippen molar-refractivity contribution in [1.29, 1.82) is 0 Å². The molecule has 0 saturated heterocycles. The van der Waals surface area contributed by atoms with Crippen molar-refractivity contribution in [1.82, 2.24) is 9.13 Å². The zero-order valence-electron chi connectivity index (χ0n) is 47.0. The summed E-state index contributed by atoms with van der Waals surface area (Å²) in [6.45, 7) is -0.471. The second-order valence-electron chi connectivity index (χ2n) is 23.5. The maximum absolute atomic E-state index is 7.99. The van der Waals surface area contributed by atoms with Gasteiger partial charge in [0.25, 0.3) is 13.4 Å². The number of anilines is 12. The number of hydrogen-bond acceptors (Lipinski definition) is 5. The van der Waals surface area contributed by atoms with Gasteiger partial charge in [-0.1, -0.05) is 152 Å². The van der Waals surface area contributed by atoms with Crippen molar-refractivity contribution in [2.24, 2.45) is 0 Å². The summed E-state index contributed by atoms with van der Waals surface area (Å²) in [5.41, 5.74) is 27.3. The number of para-hydroxylation sites is 8. The lowest BCUT2D eigenvalue weighted by Gasteiger charge is -2.46. The highest BCUT2D eigenvalue weighted by atomic mass is 16.5. The van der Waals surface area contributed by atoms with E-state index in [-0.39, 0.29) is 13.4 Å². The summed E-state index contributed by atoms with van der Waals surface area (Å²) in [7, 11) is 0. The van der Waals surface area contributed by atoms with Crippen molar-refractivity contribution in [3.05, 3.63) is 291 Å². The maximum atomic E-state index is 7.99. The highest BCUT2D eigenvalue weighted by Crippen LogP contribution is 2.52. The topological polar surface area (TPSA) is 32.0 Å². The first-order valence-corrected chi connectivity index (χ1v) is 30.1. The average molecular weight is 1110 g/mol. The normalized spacial score (nSPS) is 13.3. The van der Waals surface area contributed by atoms with E-state index < -0.39 is 0 Å². The van der Waals surface area contributed by atoms with Crippen LogP contribution in [0, 0.1) is 0 Å². The molecular weight excluding hydrogens is 1060 g/mol. The van der Waals surface area contributed by atoms with E-state index in [1.54, 1.807) is 0 Å². The zero-order valence-corrected chi connectivity index (χ0v) is 47.0. The average Bonchev–Trinajstić information content (AvgIpc) is 1.68. The van der Waals surface area contributed by atoms with Crippen molar-refractivity contribution in [2.45, 2.75) is 0 Å². The number of rotatable bonds is 8. The standard InChI is InChI=1S/C78H48B2N6O/c1-7-23-49(24-8-1)81(50-25-9-2-10-26-50)55-43-67-73-69(45-55)85-63-37-21-19-35-57(63)59-39-41-71-75(77(59)85)79(73)61-47-62-66(48-65(61)83(67)53-31-15-5-16-32-53)84(54-33-17-6-18-34-54)68-44-56(82(51-27-11-3-12-28-51)52-29-13-4-14-30-52)46-70-74(68)80(62)76-72(87-71)42-40-60-58-36-20-22-38-64(58)86(70)78(60)76/h1-48H. The Kier molecular flexibility index (Phi) is 9.50. The van der Waals surface area contributed by atoms with Gasteiger partial charge in [-0.2, -0.15) is 0 Å². The van der Waals surface area contributed by atoms with E-state index in [0.717, 1.165) is 102 Å². The van der Waals surface area contributed by atoms with Crippen LogP contribution in [0.2, 0.25) is 0 Å². The number of hydrogen-bond donors (Lipinski definition) is 0. The second kappa shape index (κ2) is 17.6. The first-order valence-electron chi connectivity index (χ1n) is 30.1. The number of nitrogens with zero attached hydrogens (tertiary/aromatic N) is 6. The van der Waals surface area contributed by atoms with Crippen LogP contribution in [0.4, 0.5) is 68.2 Å². The zero-order chi connectivity index (χ0) is 56.6. The molecule has 2 aromatic heterocycles. The Labute approximate surface area is 502 Å². The van der Waals surface area contributed by atoms with Crippen LogP contribution in [-0.4, -0.2) is 22.6 Å². The van der Waals surface area contributed by atoms with Gasteiger partial charge in [0.15, 0.2) is 0 Å². The molecule has 0 atom stereocenters. The van der Waals surface area contributed by atoms with Gasteiger partial charge in [-0.3, -0.25) is 0 Å². The van der Waals surface area contributed by atoms with Crippen LogP contribution in [0.15, 0.2) is 291 Å². The molecule has 0 unspecified atom stereocenters. The van der Waals surface area contributed by atoms with Gasteiger partial charge >= 0.3 is 0 Å². The van der Waals surface area contributed by atoms with E-state index in [0.29, 0.717) is 0 Å². The van der Waals surface area contributed by atoms with Crippen molar-refractivity contribution >= 4 is 158 Å². The summed E-state index contributed by atoms with van der Waals surface area (Å²) < 4.78 is 13.1. The lowest BCUT2D eigenvalue weighted by Crippen LogP contribution is -2.65. The van der Waals surface area contributed by atoms with Gasteiger partial charge in [0.1, 0.15) is 11.5 Å². The highest BCUT2D eigenvalue weighted by molar-refractivity contribution is 7.04. The third kappa shape index (κ3) is 6.36. The lowest BCUT2D eigenvalue weighted by atomic mass is 9.30. The van der Waals surface area contributed by atoms with Crippen molar-refractivity contribution in [3.63, 3.8) is 0 Å². The first-order chi connectivity index (χ1) is 43.2. The Morgan fingerprint density at radius 3 is 1.00 bits per heavy atom. The molecule has 5 aliphatic heterocycles. The van der Waals surface area contributed by atoms with E-state index in [1.165, 1.54) is 65.4 Å². The fraction of sp³-hybridized carbons (Fsp3) is 0. The van der Waals surface area contributed by atoms with Crippen LogP contribution in [0.3, 0.4) is 0 Å². The Morgan fingerprint density at radius 2 is 0.609 bits per heavy atom. The molecule has 7 heterocycles. The molecular formula is C78H48B2N6O. The molecule has 13 aromatic carbocycles. The summed E-state index contributed by atoms with van der Waals surface area (Å²) in [5, 5.41) is 4.82. The molecule has 0 fully saturated rings. The fourth-order valence-electron chi connectivity index (χ4n) is 15.8. The first kappa shape index (κ1) is 47.0. The molecule has 0 amide bonds. The minimum atomic E-state index is -0.235. The number of benzene rings is 13. The number of ether oxygens (including phenoxy) is 1. The molecule has 0 saturated carbocycles. The molecule has 15 aromatic rings. The van der Waals surface area contributed by atoms with Gasteiger partial charge in [0.2, 0.25) is 0 Å². The second-order valence-corrected chi connectivity index (χ2v) is 23.5. The molecule has 5 aliphatic rings. The molecule has 20 rings (SSSR count). The molecule has 7 nitrogen and oxygen atoms in total. The summed E-state index contributed by atoms with van der Waals surface area (Å²) >= 11 is 0. The van der Waals surface area contributed by atoms with Crippen molar-refractivity contribution < 1.29 is 4.74 Å². The van der Waals surface area contributed by atoms with E-state index in [2.05, 4.69) is 320 Å². The number of aromatic nitrogens is 2. The SMILES string of the molecule is c1ccc(N(c2ccccc2)c2cc3c4c(c2)-n2c5ccccc5c5ccc6c(c52)B4c2cc4c(cc2N3c2ccccc2)N(c2ccccc2)c2cc(N(c3ccccc3)c3ccccc3)cc3c2B4c2c(ccc4c5ccccc5n-3c24)O6)cc1. The van der Waals surface area contributed by atoms with Crippen LogP contribution in [0.25, 0.3) is 55.0 Å². The van der Waals surface area contributed by atoms with E-state index in [9.17, 15) is 0 Å². The van der Waals surface area contributed by atoms with Crippen LogP contribution in [0.5, 0.6) is 11.5 Å². The van der Waals surface area contributed by atoms with Gasteiger partial charge in [0.05, 0.1) is 33.4 Å². The molecule has 87 heavy (non-hydrogen) atoms. The van der Waals surface area contributed by atoms with Crippen LogP contribution >= 0.6 is 0 Å². The Morgan fingerprint density at radius 1 is 0.264 bits per heavy atom. The Bertz CT molecular complexity index is 4990. The molecule has 402 valence electrons. The van der Waals surface area contributed by atoms with Gasteiger partial charge in [-0.05, 0) is 172 Å². The van der Waals surface area contributed by atoms with Gasteiger partial charge in [0, 0.05) is 89.8 Å². The smallest absolute Gasteiger partial charge is 0.257 e. The largest absolute Gasteiger partial charge is 0.458 e. The lowest BCUT2D eigenvalue weighted by molar-refractivity contribution is 0.491. The monoisotopic (exact) mass is 1110 g/mol. The fourth-order valence-corrected chi connectivity index (χ4v) is 15.8. The number of fused-ring (bicyclic) bond motifs is 8. The Balaban J connectivity index is 0.974. The summed E-state index contributed by atoms with van der Waals surface area (Å²) in [4.78, 5) is 9.99. The maximum Gasteiger partial charge on any atom is 0.257 e. The predicted molar refractivity (Wildman–Crippen MR) is 363 cm³/mol. The van der Waals surface area contributed by atoms with Crippen LogP contribution < -0.4 is 57.1 Å². The van der Waals surface area contributed by atoms with Crippen molar-refractivity contribution in [2.75, 3.05) is 19.6 Å². The van der Waals surface area contributed by atoms with E-state index in [1.807, 2.05) is 0 Å². The summed E-state index contributed by atoms with van der Waals surface area (Å²) in [6.07, 6.45) is 0. The summed E-state index contributed by atoms with van der Waals surface area (Å²) in [6, 6.07) is 108. The van der Waals surface area contributed by atoms with Crippen molar-refractivity contribution in [3.8, 4) is 22.9 Å². The van der Waals surface area contributed by atoms with Gasteiger partial charge < -0.3 is 33.5 Å². The minimum Gasteiger partial charge on any atom is -0.458 e. The summed E-state index contributed by atoms with van der Waals surface area (Å²) in [5.74, 6) is 1.73. The molecule has 0 aliphatic carbocycles. The third-order valence-corrected chi connectivity index (χ3v) is 19.1. The molecule has 0 radical (unpaired) electrons.